The molecule has 1 aromatic rings. The lowest BCUT2D eigenvalue weighted by Crippen LogP contribution is -2.24. The molecular weight excluding hydrogens is 209 g/mol. The van der Waals surface area contributed by atoms with Crippen molar-refractivity contribution in [1.29, 1.82) is 0 Å². The Morgan fingerprint density at radius 3 is 2.33 bits per heavy atom. The highest BCUT2D eigenvalue weighted by atomic mass is 19.4. The maximum absolute atomic E-state index is 12.4. The van der Waals surface area contributed by atoms with E-state index < -0.39 is 11.7 Å². The van der Waals surface area contributed by atoms with Gasteiger partial charge >= 0.3 is 6.18 Å². The molecule has 0 radical (unpaired) electrons. The summed E-state index contributed by atoms with van der Waals surface area (Å²) in [6.45, 7) is 0. The molecule has 0 aliphatic rings. The van der Waals surface area contributed by atoms with Crippen LogP contribution in [-0.4, -0.2) is 5.96 Å². The van der Waals surface area contributed by atoms with Gasteiger partial charge in [-0.05, 0) is 12.1 Å². The Kier molecular flexibility index (Phi) is 3.03. The van der Waals surface area contributed by atoms with Crippen LogP contribution >= 0.6 is 0 Å². The fourth-order valence-electron chi connectivity index (χ4n) is 0.953. The summed E-state index contributed by atoms with van der Waals surface area (Å²) in [5, 5.41) is 3.29. The lowest BCUT2D eigenvalue weighted by molar-refractivity contribution is -0.136. The summed E-state index contributed by atoms with van der Waals surface area (Å²) in [4.78, 5) is 0. The number of nitrogens with one attached hydrogen (secondary N) is 1. The van der Waals surface area contributed by atoms with Crippen molar-refractivity contribution < 1.29 is 13.2 Å². The van der Waals surface area contributed by atoms with Crippen molar-refractivity contribution >= 4 is 11.6 Å². The molecule has 15 heavy (non-hydrogen) atoms. The number of rotatable bonds is 2. The highest BCUT2D eigenvalue weighted by molar-refractivity contribution is 5.76. The molecule has 0 bridgehead atoms. The first-order chi connectivity index (χ1) is 6.91. The van der Waals surface area contributed by atoms with Crippen LogP contribution in [0.4, 0.5) is 18.9 Å². The number of nitrogens with two attached hydrogens (primary N) is 2. The highest BCUT2D eigenvalue weighted by Crippen LogP contribution is 2.34. The average molecular weight is 218 g/mol. The zero-order valence-corrected chi connectivity index (χ0v) is 7.55. The Morgan fingerprint density at radius 1 is 1.20 bits per heavy atom. The fourth-order valence-corrected chi connectivity index (χ4v) is 0.953. The number of guanidine groups is 1. The summed E-state index contributed by atoms with van der Waals surface area (Å²) in [7, 11) is 0. The van der Waals surface area contributed by atoms with Gasteiger partial charge in [0, 0.05) is 0 Å². The number of anilines is 1. The number of alkyl halides is 3. The maximum Gasteiger partial charge on any atom is 0.418 e. The summed E-state index contributed by atoms with van der Waals surface area (Å²) >= 11 is 0. The van der Waals surface area contributed by atoms with Gasteiger partial charge < -0.3 is 11.5 Å². The second kappa shape index (κ2) is 4.07. The van der Waals surface area contributed by atoms with E-state index >= 15 is 0 Å². The van der Waals surface area contributed by atoms with Gasteiger partial charge in [-0.3, -0.25) is 5.43 Å². The third-order valence-corrected chi connectivity index (χ3v) is 1.54. The number of hydrogen-bond acceptors (Lipinski definition) is 2. The highest BCUT2D eigenvalue weighted by Gasteiger charge is 2.33. The zero-order chi connectivity index (χ0) is 11.5. The van der Waals surface area contributed by atoms with Crippen molar-refractivity contribution in [2.45, 2.75) is 6.18 Å². The van der Waals surface area contributed by atoms with Gasteiger partial charge in [-0.2, -0.15) is 13.2 Å². The summed E-state index contributed by atoms with van der Waals surface area (Å²) in [5.74, 6) is -0.341. The van der Waals surface area contributed by atoms with Crippen molar-refractivity contribution in [3.63, 3.8) is 0 Å². The van der Waals surface area contributed by atoms with Crippen molar-refractivity contribution in [2.75, 3.05) is 5.43 Å². The molecule has 82 valence electrons. The van der Waals surface area contributed by atoms with Crippen molar-refractivity contribution in [1.82, 2.24) is 0 Å². The standard InChI is InChI=1S/C8H9F3N4/c9-8(10,11)5-3-1-2-4-6(5)14-15-7(12)13/h1-4,14H,(H4,12,13,15). The van der Waals surface area contributed by atoms with Crippen LogP contribution in [0, 0.1) is 0 Å². The second-order valence-electron chi connectivity index (χ2n) is 2.69. The first-order valence-electron chi connectivity index (χ1n) is 3.92. The minimum Gasteiger partial charge on any atom is -0.369 e. The summed E-state index contributed by atoms with van der Waals surface area (Å²) < 4.78 is 37.3. The first kappa shape index (κ1) is 11.2. The van der Waals surface area contributed by atoms with Gasteiger partial charge in [0.15, 0.2) is 0 Å². The summed E-state index contributed by atoms with van der Waals surface area (Å²) in [6.07, 6.45) is -4.44. The number of hydrazone groups is 1. The average Bonchev–Trinajstić information content (AvgIpc) is 2.13. The lowest BCUT2D eigenvalue weighted by atomic mass is 10.2. The van der Waals surface area contributed by atoms with E-state index in [-0.39, 0.29) is 11.6 Å². The van der Waals surface area contributed by atoms with E-state index in [1.165, 1.54) is 18.2 Å². The minimum absolute atomic E-state index is 0.196. The van der Waals surface area contributed by atoms with E-state index in [4.69, 9.17) is 11.5 Å². The number of nitrogens with zero attached hydrogens (tertiary/aromatic N) is 1. The van der Waals surface area contributed by atoms with E-state index in [1.807, 2.05) is 0 Å². The molecule has 0 aromatic heterocycles. The van der Waals surface area contributed by atoms with Gasteiger partial charge in [-0.15, -0.1) is 5.10 Å². The summed E-state index contributed by atoms with van der Waals surface area (Å²) in [6, 6.07) is 4.89. The topological polar surface area (TPSA) is 76.4 Å². The fraction of sp³-hybridized carbons (Fsp3) is 0.125. The lowest BCUT2D eigenvalue weighted by Gasteiger charge is -2.11. The molecule has 0 atom stereocenters. The molecule has 0 spiro atoms. The Hall–Kier alpha value is -1.92. The predicted molar refractivity (Wildman–Crippen MR) is 50.9 cm³/mol. The molecule has 0 aliphatic carbocycles. The van der Waals surface area contributed by atoms with Crippen LogP contribution in [0.3, 0.4) is 0 Å². The van der Waals surface area contributed by atoms with Crippen molar-refractivity contribution in [3.8, 4) is 0 Å². The minimum atomic E-state index is -4.44. The molecule has 0 saturated heterocycles. The van der Waals surface area contributed by atoms with Gasteiger partial charge in [0.05, 0.1) is 11.3 Å². The Balaban J connectivity index is 3.02. The van der Waals surface area contributed by atoms with Gasteiger partial charge in [0.2, 0.25) is 5.96 Å². The molecule has 1 aromatic carbocycles. The van der Waals surface area contributed by atoms with E-state index in [9.17, 15) is 13.2 Å². The Bertz CT molecular complexity index is 368. The van der Waals surface area contributed by atoms with Crippen LogP contribution in [-0.2, 0) is 6.18 Å². The monoisotopic (exact) mass is 218 g/mol. The van der Waals surface area contributed by atoms with E-state index in [0.717, 1.165) is 6.07 Å². The molecule has 0 fully saturated rings. The predicted octanol–water partition coefficient (Wildman–Crippen LogP) is 1.31. The number of para-hydroxylation sites is 1. The molecule has 7 heteroatoms. The third kappa shape index (κ3) is 3.04. The number of hydrogen-bond donors (Lipinski definition) is 3. The molecule has 1 rings (SSSR count). The van der Waals surface area contributed by atoms with Crippen LogP contribution in [0.25, 0.3) is 0 Å². The van der Waals surface area contributed by atoms with Crippen molar-refractivity contribution in [2.24, 2.45) is 16.6 Å². The third-order valence-electron chi connectivity index (χ3n) is 1.54. The molecule has 5 N–H and O–H groups in total. The Labute approximate surface area is 83.8 Å². The number of halogens is 3. The van der Waals surface area contributed by atoms with Gasteiger partial charge in [-0.1, -0.05) is 12.1 Å². The first-order valence-corrected chi connectivity index (χ1v) is 3.92. The van der Waals surface area contributed by atoms with Crippen LogP contribution in [0.2, 0.25) is 0 Å². The normalized spacial score (nSPS) is 10.9. The van der Waals surface area contributed by atoms with Crippen LogP contribution in [0.1, 0.15) is 5.56 Å². The van der Waals surface area contributed by atoms with Crippen molar-refractivity contribution in [3.05, 3.63) is 29.8 Å². The molecule has 4 nitrogen and oxygen atoms in total. The van der Waals surface area contributed by atoms with Gasteiger partial charge in [0.1, 0.15) is 0 Å². The van der Waals surface area contributed by atoms with E-state index in [1.54, 1.807) is 0 Å². The molecule has 0 saturated carbocycles. The second-order valence-corrected chi connectivity index (χ2v) is 2.69. The largest absolute Gasteiger partial charge is 0.418 e. The molecule has 0 aliphatic heterocycles. The van der Waals surface area contributed by atoms with Crippen LogP contribution in [0.5, 0.6) is 0 Å². The van der Waals surface area contributed by atoms with Crippen LogP contribution in [0.15, 0.2) is 29.4 Å². The molecule has 0 amide bonds. The van der Waals surface area contributed by atoms with Gasteiger partial charge in [0.25, 0.3) is 0 Å². The van der Waals surface area contributed by atoms with Crippen LogP contribution < -0.4 is 16.9 Å². The number of benzene rings is 1. The SMILES string of the molecule is NC(N)=NNc1ccccc1C(F)(F)F. The molecular formula is C8H9F3N4. The zero-order valence-electron chi connectivity index (χ0n) is 7.55. The quantitative estimate of drug-likeness (QED) is 0.398. The van der Waals surface area contributed by atoms with E-state index in [2.05, 4.69) is 10.5 Å². The summed E-state index contributed by atoms with van der Waals surface area (Å²) in [5.41, 5.74) is 11.1. The molecule has 0 heterocycles. The Morgan fingerprint density at radius 2 is 1.80 bits per heavy atom. The maximum atomic E-state index is 12.4. The van der Waals surface area contributed by atoms with Gasteiger partial charge in [-0.25, -0.2) is 0 Å². The smallest absolute Gasteiger partial charge is 0.369 e. The van der Waals surface area contributed by atoms with E-state index in [0.29, 0.717) is 0 Å². The molecule has 0 unspecified atom stereocenters.